The molecular formula is C51H42N4O. The van der Waals surface area contributed by atoms with Gasteiger partial charge in [0.25, 0.3) is 0 Å². The molecule has 0 unspecified atom stereocenters. The highest BCUT2D eigenvalue weighted by atomic mass is 16.5. The van der Waals surface area contributed by atoms with Crippen LogP contribution < -0.4 is 15.4 Å². The first-order valence-corrected chi connectivity index (χ1v) is 19.0. The zero-order valence-corrected chi connectivity index (χ0v) is 31.7. The topological polar surface area (TPSA) is 51.1 Å². The van der Waals surface area contributed by atoms with Crippen molar-refractivity contribution in [3.05, 3.63) is 194 Å². The summed E-state index contributed by atoms with van der Waals surface area (Å²) in [5, 5.41) is 9.85. The number of fused-ring (bicyclic) bond motifs is 3. The molecule has 0 aliphatic rings. The maximum Gasteiger partial charge on any atom is 0.137 e. The summed E-state index contributed by atoms with van der Waals surface area (Å²) in [4.78, 5) is 4.84. The van der Waals surface area contributed by atoms with Crippen LogP contribution >= 0.6 is 0 Å². The van der Waals surface area contributed by atoms with E-state index in [9.17, 15) is 0 Å². The van der Waals surface area contributed by atoms with E-state index in [2.05, 4.69) is 194 Å². The van der Waals surface area contributed by atoms with Gasteiger partial charge in [0.15, 0.2) is 0 Å². The first kappa shape index (κ1) is 34.6. The fourth-order valence-electron chi connectivity index (χ4n) is 7.44. The van der Waals surface area contributed by atoms with Crippen LogP contribution in [0.25, 0.3) is 49.9 Å². The molecule has 2 heterocycles. The van der Waals surface area contributed by atoms with Gasteiger partial charge in [-0.05, 0) is 76.7 Å². The van der Waals surface area contributed by atoms with Crippen LogP contribution in [0.3, 0.4) is 0 Å². The minimum Gasteiger partial charge on any atom is -0.457 e. The molecule has 56 heavy (non-hydrogen) atoms. The van der Waals surface area contributed by atoms with E-state index in [0.717, 1.165) is 78.7 Å². The Bertz CT molecular complexity index is 2760. The Morgan fingerprint density at radius 3 is 1.82 bits per heavy atom. The number of pyridine rings is 1. The van der Waals surface area contributed by atoms with Crippen molar-refractivity contribution >= 4 is 44.6 Å². The Morgan fingerprint density at radius 2 is 1.11 bits per heavy atom. The van der Waals surface area contributed by atoms with Crippen molar-refractivity contribution in [2.45, 2.75) is 26.2 Å². The molecule has 0 radical (unpaired) electrons. The molecule has 0 atom stereocenters. The fraction of sp³-hybridized carbons (Fsp3) is 0.0784. The lowest BCUT2D eigenvalue weighted by Crippen LogP contribution is -2.12. The van der Waals surface area contributed by atoms with Gasteiger partial charge in [-0.25, -0.2) is 4.98 Å². The van der Waals surface area contributed by atoms with Gasteiger partial charge in [-0.15, -0.1) is 0 Å². The Hall–Kier alpha value is -7.11. The molecule has 2 N–H and O–H groups in total. The molecule has 9 aromatic rings. The number of para-hydroxylation sites is 4. The molecule has 2 aromatic heterocycles. The average molecular weight is 727 g/mol. The largest absolute Gasteiger partial charge is 0.457 e. The number of hydrogen-bond acceptors (Lipinski definition) is 4. The van der Waals surface area contributed by atoms with Gasteiger partial charge in [-0.3, -0.25) is 4.57 Å². The first-order valence-electron chi connectivity index (χ1n) is 19.0. The van der Waals surface area contributed by atoms with Crippen LogP contribution in [0.2, 0.25) is 0 Å². The van der Waals surface area contributed by atoms with Crippen LogP contribution in [-0.4, -0.2) is 9.55 Å². The average Bonchev–Trinajstić information content (AvgIpc) is 3.56. The Balaban J connectivity index is 1.04. The number of ether oxygens (including phenoxy) is 1. The van der Waals surface area contributed by atoms with E-state index in [0.29, 0.717) is 0 Å². The van der Waals surface area contributed by atoms with Gasteiger partial charge >= 0.3 is 0 Å². The van der Waals surface area contributed by atoms with E-state index in [1.165, 1.54) is 10.9 Å². The zero-order valence-electron chi connectivity index (χ0n) is 31.7. The number of rotatable bonds is 9. The van der Waals surface area contributed by atoms with Crippen molar-refractivity contribution in [2.24, 2.45) is 0 Å². The van der Waals surface area contributed by atoms with Gasteiger partial charge in [-0.1, -0.05) is 136 Å². The van der Waals surface area contributed by atoms with Gasteiger partial charge in [-0.2, -0.15) is 0 Å². The monoisotopic (exact) mass is 726 g/mol. The van der Waals surface area contributed by atoms with Crippen LogP contribution in [0.4, 0.5) is 22.7 Å². The zero-order chi connectivity index (χ0) is 38.1. The van der Waals surface area contributed by atoms with Gasteiger partial charge in [0, 0.05) is 45.9 Å². The third-order valence-electron chi connectivity index (χ3n) is 10.3. The summed E-state index contributed by atoms with van der Waals surface area (Å²) in [5.74, 6) is 2.37. The number of aromatic nitrogens is 2. The lowest BCUT2D eigenvalue weighted by atomic mass is 9.88. The van der Waals surface area contributed by atoms with Gasteiger partial charge in [0.05, 0.1) is 28.1 Å². The van der Waals surface area contributed by atoms with E-state index >= 15 is 0 Å². The van der Waals surface area contributed by atoms with Crippen LogP contribution in [0.1, 0.15) is 26.3 Å². The Morgan fingerprint density at radius 1 is 0.500 bits per heavy atom. The van der Waals surface area contributed by atoms with Crippen molar-refractivity contribution in [1.29, 1.82) is 0 Å². The molecule has 0 fully saturated rings. The molecule has 5 nitrogen and oxygen atoms in total. The third kappa shape index (κ3) is 6.87. The second kappa shape index (κ2) is 14.6. The summed E-state index contributed by atoms with van der Waals surface area (Å²) >= 11 is 0. The molecule has 272 valence electrons. The standard InChI is InChI=1S/C51H42N4O/c1-51(2,3)37-30-31-52-49(32-37)55-47-27-13-10-22-43(47)44-29-28-40(34-48(44)55)56-39-21-14-20-38(33-39)53-45-25-11-12-26-46(45)54-50-41(35-16-6-4-7-17-35)23-15-24-42(50)36-18-8-5-9-19-36/h4-34,53-54H,1-3H3. The predicted molar refractivity (Wildman–Crippen MR) is 234 cm³/mol. The summed E-state index contributed by atoms with van der Waals surface area (Å²) in [6, 6.07) is 63.1. The summed E-state index contributed by atoms with van der Waals surface area (Å²) in [6.07, 6.45) is 1.91. The number of anilines is 4. The van der Waals surface area contributed by atoms with Crippen molar-refractivity contribution in [3.63, 3.8) is 0 Å². The van der Waals surface area contributed by atoms with Crippen molar-refractivity contribution < 1.29 is 4.74 Å². The molecule has 0 bridgehead atoms. The van der Waals surface area contributed by atoms with Crippen molar-refractivity contribution in [2.75, 3.05) is 10.6 Å². The summed E-state index contributed by atoms with van der Waals surface area (Å²) < 4.78 is 8.84. The predicted octanol–water partition coefficient (Wildman–Crippen LogP) is 14.1. The molecule has 0 saturated heterocycles. The van der Waals surface area contributed by atoms with Gasteiger partial charge in [0.1, 0.15) is 17.3 Å². The van der Waals surface area contributed by atoms with Crippen LogP contribution in [0.5, 0.6) is 11.5 Å². The second-order valence-corrected chi connectivity index (χ2v) is 15.1. The van der Waals surface area contributed by atoms with Gasteiger partial charge < -0.3 is 15.4 Å². The quantitative estimate of drug-likeness (QED) is 0.155. The van der Waals surface area contributed by atoms with Crippen molar-refractivity contribution in [1.82, 2.24) is 9.55 Å². The highest BCUT2D eigenvalue weighted by molar-refractivity contribution is 6.09. The lowest BCUT2D eigenvalue weighted by molar-refractivity contribution is 0.483. The smallest absolute Gasteiger partial charge is 0.137 e. The second-order valence-electron chi connectivity index (χ2n) is 15.1. The highest BCUT2D eigenvalue weighted by Gasteiger charge is 2.19. The number of nitrogens with one attached hydrogen (secondary N) is 2. The number of nitrogens with zero attached hydrogens (tertiary/aromatic N) is 2. The minimum atomic E-state index is -0.00188. The van der Waals surface area contributed by atoms with E-state index in [1.54, 1.807) is 0 Å². The molecular weight excluding hydrogens is 685 g/mol. The summed E-state index contributed by atoms with van der Waals surface area (Å²) in [5.41, 5.74) is 11.8. The molecule has 5 heteroatoms. The molecule has 0 spiro atoms. The molecule has 0 aliphatic carbocycles. The highest BCUT2D eigenvalue weighted by Crippen LogP contribution is 2.41. The molecule has 0 aliphatic heterocycles. The summed E-state index contributed by atoms with van der Waals surface area (Å²) in [7, 11) is 0. The SMILES string of the molecule is CC(C)(C)c1ccnc(-n2c3ccccc3c3ccc(Oc4cccc(Nc5ccccc5Nc5c(-c6ccccc6)cccc5-c5ccccc5)c4)cc32)c1. The van der Waals surface area contributed by atoms with Gasteiger partial charge in [0.2, 0.25) is 0 Å². The minimum absolute atomic E-state index is 0.00188. The molecule has 0 saturated carbocycles. The van der Waals surface area contributed by atoms with Crippen LogP contribution in [0, 0.1) is 0 Å². The van der Waals surface area contributed by atoms with Crippen LogP contribution in [-0.2, 0) is 5.41 Å². The Kier molecular flexibility index (Phi) is 9.04. The van der Waals surface area contributed by atoms with Crippen molar-refractivity contribution in [3.8, 4) is 39.6 Å². The fourth-order valence-corrected chi connectivity index (χ4v) is 7.44. The van der Waals surface area contributed by atoms with E-state index < -0.39 is 0 Å². The molecule has 0 amide bonds. The first-order chi connectivity index (χ1) is 27.4. The molecule has 9 rings (SSSR count). The van der Waals surface area contributed by atoms with E-state index in [4.69, 9.17) is 9.72 Å². The lowest BCUT2D eigenvalue weighted by Gasteiger charge is -2.20. The maximum absolute atomic E-state index is 6.60. The number of benzene rings is 7. The number of hydrogen-bond donors (Lipinski definition) is 2. The Labute approximate surface area is 327 Å². The van der Waals surface area contributed by atoms with E-state index in [1.807, 2.05) is 30.5 Å². The molecule has 7 aromatic carbocycles. The summed E-state index contributed by atoms with van der Waals surface area (Å²) in [6.45, 7) is 6.69. The maximum atomic E-state index is 6.60. The van der Waals surface area contributed by atoms with Crippen LogP contribution in [0.15, 0.2) is 188 Å². The normalized spacial score (nSPS) is 11.5. The third-order valence-corrected chi connectivity index (χ3v) is 10.3. The van der Waals surface area contributed by atoms with E-state index in [-0.39, 0.29) is 5.41 Å².